The van der Waals surface area contributed by atoms with Crippen LogP contribution < -0.4 is 4.90 Å². The van der Waals surface area contributed by atoms with Crippen molar-refractivity contribution in [2.45, 2.75) is 30.5 Å². The molecule has 0 aliphatic carbocycles. The van der Waals surface area contributed by atoms with Crippen molar-refractivity contribution in [3.63, 3.8) is 0 Å². The maximum absolute atomic E-state index is 5.76. The normalized spacial score (nSPS) is 19.8. The van der Waals surface area contributed by atoms with Crippen LogP contribution >= 0.6 is 27.7 Å². The number of hydrogen-bond acceptors (Lipinski definition) is 5. The molecule has 0 radical (unpaired) electrons. The summed E-state index contributed by atoms with van der Waals surface area (Å²) in [5.41, 5.74) is 0. The molecule has 1 aliphatic heterocycles. The van der Waals surface area contributed by atoms with Gasteiger partial charge in [-0.05, 0) is 41.4 Å². The first-order valence-electron chi connectivity index (χ1n) is 6.10. The molecule has 0 N–H and O–H groups in total. The van der Waals surface area contributed by atoms with Gasteiger partial charge in [0.05, 0.1) is 10.6 Å². The molecule has 100 valence electrons. The predicted octanol–water partition coefficient (Wildman–Crippen LogP) is 2.97. The first kappa shape index (κ1) is 14.1. The lowest BCUT2D eigenvalue weighted by Gasteiger charge is -2.28. The summed E-state index contributed by atoms with van der Waals surface area (Å²) in [4.78, 5) is 10.9. The molecule has 1 fully saturated rings. The van der Waals surface area contributed by atoms with Crippen LogP contribution in [0.1, 0.15) is 19.3 Å². The largest absolute Gasteiger partial charge is 0.376 e. The van der Waals surface area contributed by atoms with Crippen molar-refractivity contribution >= 4 is 33.5 Å². The number of halogens is 1. The van der Waals surface area contributed by atoms with Gasteiger partial charge in [0, 0.05) is 26.4 Å². The fourth-order valence-corrected chi connectivity index (χ4v) is 2.88. The minimum absolute atomic E-state index is 0.323. The van der Waals surface area contributed by atoms with Gasteiger partial charge in [-0.15, -0.1) is 0 Å². The zero-order valence-electron chi connectivity index (χ0n) is 10.7. The summed E-state index contributed by atoms with van der Waals surface area (Å²) in [5.74, 6) is 0.934. The Kier molecular flexibility index (Phi) is 5.26. The van der Waals surface area contributed by atoms with E-state index in [1.807, 2.05) is 12.5 Å². The molecule has 4 nitrogen and oxygen atoms in total. The van der Waals surface area contributed by atoms with Gasteiger partial charge in [0.15, 0.2) is 5.16 Å². The lowest BCUT2D eigenvalue weighted by atomic mass is 10.1. The van der Waals surface area contributed by atoms with Crippen molar-refractivity contribution < 1.29 is 4.74 Å². The standard InChI is InChI=1S/C12H18BrN3OS/c1-16(8-9-5-3-4-6-17-9)11-10(13)7-14-12(15-11)18-2/h7,9H,3-6,8H2,1-2H3. The molecule has 1 atom stereocenters. The van der Waals surface area contributed by atoms with Crippen LogP contribution in [0, 0.1) is 0 Å². The fraction of sp³-hybridized carbons (Fsp3) is 0.667. The average molecular weight is 332 g/mol. The Labute approximate surface area is 121 Å². The smallest absolute Gasteiger partial charge is 0.189 e. The van der Waals surface area contributed by atoms with E-state index in [1.165, 1.54) is 12.8 Å². The molecule has 2 heterocycles. The van der Waals surface area contributed by atoms with Crippen LogP contribution in [0.4, 0.5) is 5.82 Å². The second-order valence-corrected chi connectivity index (χ2v) is 6.03. The van der Waals surface area contributed by atoms with Crippen LogP contribution in [-0.4, -0.2) is 42.5 Å². The third-order valence-corrected chi connectivity index (χ3v) is 4.12. The third kappa shape index (κ3) is 3.59. The van der Waals surface area contributed by atoms with E-state index in [1.54, 1.807) is 11.8 Å². The van der Waals surface area contributed by atoms with Crippen molar-refractivity contribution in [2.75, 3.05) is 31.4 Å². The number of ether oxygens (including phenoxy) is 1. The summed E-state index contributed by atoms with van der Waals surface area (Å²) < 4.78 is 6.69. The summed E-state index contributed by atoms with van der Waals surface area (Å²) in [7, 11) is 2.05. The number of rotatable bonds is 4. The fourth-order valence-electron chi connectivity index (χ4n) is 2.05. The molecule has 0 spiro atoms. The quantitative estimate of drug-likeness (QED) is 0.626. The summed E-state index contributed by atoms with van der Waals surface area (Å²) in [5, 5.41) is 0.796. The summed E-state index contributed by atoms with van der Waals surface area (Å²) in [6, 6.07) is 0. The van der Waals surface area contributed by atoms with E-state index in [0.717, 1.165) is 35.0 Å². The molecule has 0 aromatic carbocycles. The number of anilines is 1. The van der Waals surface area contributed by atoms with Gasteiger partial charge >= 0.3 is 0 Å². The van der Waals surface area contributed by atoms with Gasteiger partial charge in [0.2, 0.25) is 0 Å². The van der Waals surface area contributed by atoms with Gasteiger partial charge in [-0.1, -0.05) is 11.8 Å². The van der Waals surface area contributed by atoms with E-state index >= 15 is 0 Å². The van der Waals surface area contributed by atoms with Gasteiger partial charge in [0.25, 0.3) is 0 Å². The summed E-state index contributed by atoms with van der Waals surface area (Å²) >= 11 is 5.06. The van der Waals surface area contributed by atoms with E-state index in [-0.39, 0.29) is 0 Å². The SMILES string of the molecule is CSc1ncc(Br)c(N(C)CC2CCCCO2)n1. The minimum Gasteiger partial charge on any atom is -0.376 e. The average Bonchev–Trinajstić information content (AvgIpc) is 2.40. The van der Waals surface area contributed by atoms with Gasteiger partial charge in [-0.2, -0.15) is 0 Å². The van der Waals surface area contributed by atoms with Gasteiger partial charge < -0.3 is 9.64 Å². The molecule has 2 rings (SSSR count). The molecular weight excluding hydrogens is 314 g/mol. The van der Waals surface area contributed by atoms with E-state index in [2.05, 4.69) is 37.8 Å². The van der Waals surface area contributed by atoms with Crippen LogP contribution in [-0.2, 0) is 4.74 Å². The van der Waals surface area contributed by atoms with E-state index in [4.69, 9.17) is 4.74 Å². The van der Waals surface area contributed by atoms with Gasteiger partial charge in [-0.3, -0.25) is 0 Å². The van der Waals surface area contributed by atoms with E-state index < -0.39 is 0 Å². The Balaban J connectivity index is 2.04. The van der Waals surface area contributed by atoms with Crippen molar-refractivity contribution in [1.82, 2.24) is 9.97 Å². The first-order valence-corrected chi connectivity index (χ1v) is 8.11. The maximum Gasteiger partial charge on any atom is 0.189 e. The van der Waals surface area contributed by atoms with Gasteiger partial charge in [0.1, 0.15) is 5.82 Å². The molecule has 0 saturated carbocycles. The molecule has 0 bridgehead atoms. The van der Waals surface area contributed by atoms with Crippen LogP contribution in [0.3, 0.4) is 0 Å². The van der Waals surface area contributed by atoms with Crippen LogP contribution in [0.25, 0.3) is 0 Å². The number of aromatic nitrogens is 2. The Morgan fingerprint density at radius 2 is 2.39 bits per heavy atom. The highest BCUT2D eigenvalue weighted by Crippen LogP contribution is 2.25. The Morgan fingerprint density at radius 1 is 1.56 bits per heavy atom. The minimum atomic E-state index is 0.323. The highest BCUT2D eigenvalue weighted by atomic mass is 79.9. The van der Waals surface area contributed by atoms with E-state index in [9.17, 15) is 0 Å². The van der Waals surface area contributed by atoms with Gasteiger partial charge in [-0.25, -0.2) is 9.97 Å². The zero-order chi connectivity index (χ0) is 13.0. The number of thioether (sulfide) groups is 1. The van der Waals surface area contributed by atoms with Crippen molar-refractivity contribution in [3.05, 3.63) is 10.7 Å². The maximum atomic E-state index is 5.76. The summed E-state index contributed by atoms with van der Waals surface area (Å²) in [6.45, 7) is 1.77. The molecule has 0 amide bonds. The van der Waals surface area contributed by atoms with Crippen LogP contribution in [0.2, 0.25) is 0 Å². The second-order valence-electron chi connectivity index (χ2n) is 4.40. The number of hydrogen-bond donors (Lipinski definition) is 0. The summed E-state index contributed by atoms with van der Waals surface area (Å²) in [6.07, 6.45) is 7.71. The van der Waals surface area contributed by atoms with E-state index in [0.29, 0.717) is 6.10 Å². The van der Waals surface area contributed by atoms with Crippen molar-refractivity contribution in [1.29, 1.82) is 0 Å². The first-order chi connectivity index (χ1) is 8.70. The molecule has 18 heavy (non-hydrogen) atoms. The molecular formula is C12H18BrN3OS. The van der Waals surface area contributed by atoms with Crippen LogP contribution in [0.5, 0.6) is 0 Å². The monoisotopic (exact) mass is 331 g/mol. The highest BCUT2D eigenvalue weighted by molar-refractivity contribution is 9.10. The molecule has 6 heteroatoms. The predicted molar refractivity (Wildman–Crippen MR) is 78.4 cm³/mol. The van der Waals surface area contributed by atoms with Crippen molar-refractivity contribution in [3.8, 4) is 0 Å². The molecule has 1 aromatic heterocycles. The lowest BCUT2D eigenvalue weighted by molar-refractivity contribution is 0.0215. The molecule has 1 aliphatic rings. The Bertz CT molecular complexity index is 399. The Morgan fingerprint density at radius 3 is 3.06 bits per heavy atom. The molecule has 1 unspecified atom stereocenters. The lowest BCUT2D eigenvalue weighted by Crippen LogP contribution is -2.34. The highest BCUT2D eigenvalue weighted by Gasteiger charge is 2.18. The third-order valence-electron chi connectivity index (χ3n) is 3.00. The number of likely N-dealkylation sites (N-methyl/N-ethyl adjacent to an activating group) is 1. The molecule has 1 aromatic rings. The number of nitrogens with zero attached hydrogens (tertiary/aromatic N) is 3. The second kappa shape index (κ2) is 6.73. The van der Waals surface area contributed by atoms with Crippen LogP contribution in [0.15, 0.2) is 15.8 Å². The Hall–Kier alpha value is -0.330. The van der Waals surface area contributed by atoms with Crippen molar-refractivity contribution in [2.24, 2.45) is 0 Å². The molecule has 1 saturated heterocycles. The zero-order valence-corrected chi connectivity index (χ0v) is 13.1. The topological polar surface area (TPSA) is 38.2 Å².